The van der Waals surface area contributed by atoms with E-state index < -0.39 is 5.97 Å². The number of likely N-dealkylation sites (N-methyl/N-ethyl adjacent to an activating group) is 1. The minimum atomic E-state index is -0.941. The molecule has 0 aliphatic carbocycles. The van der Waals surface area contributed by atoms with Gasteiger partial charge in [0, 0.05) is 26.2 Å². The van der Waals surface area contributed by atoms with E-state index in [0.717, 1.165) is 0 Å². The fourth-order valence-corrected chi connectivity index (χ4v) is 0.951. The van der Waals surface area contributed by atoms with Gasteiger partial charge in [0.05, 0.1) is 6.04 Å². The van der Waals surface area contributed by atoms with Crippen molar-refractivity contribution >= 4 is 11.9 Å². The van der Waals surface area contributed by atoms with E-state index in [1.54, 1.807) is 27.1 Å². The van der Waals surface area contributed by atoms with Crippen molar-refractivity contribution in [1.29, 1.82) is 0 Å². The van der Waals surface area contributed by atoms with Gasteiger partial charge in [0.15, 0.2) is 0 Å². The van der Waals surface area contributed by atoms with Crippen molar-refractivity contribution in [3.8, 4) is 0 Å². The third kappa shape index (κ3) is 5.17. The van der Waals surface area contributed by atoms with E-state index in [-0.39, 0.29) is 17.5 Å². The van der Waals surface area contributed by atoms with Crippen molar-refractivity contribution in [1.82, 2.24) is 10.2 Å². The second kappa shape index (κ2) is 6.19. The highest BCUT2D eigenvalue weighted by atomic mass is 16.4. The van der Waals surface area contributed by atoms with Crippen LogP contribution in [0.4, 0.5) is 0 Å². The lowest BCUT2D eigenvalue weighted by Gasteiger charge is -2.17. The monoisotopic (exact) mass is 214 g/mol. The Morgan fingerprint density at radius 3 is 2.40 bits per heavy atom. The molecule has 0 aliphatic rings. The molecular weight excluding hydrogens is 196 g/mol. The van der Waals surface area contributed by atoms with Crippen LogP contribution in [0.3, 0.4) is 0 Å². The molecule has 5 nitrogen and oxygen atoms in total. The smallest absolute Gasteiger partial charge is 0.330 e. The Labute approximate surface area is 89.8 Å². The number of nitrogens with one attached hydrogen (secondary N) is 1. The molecule has 0 spiro atoms. The van der Waals surface area contributed by atoms with Crippen molar-refractivity contribution < 1.29 is 14.7 Å². The van der Waals surface area contributed by atoms with Crippen LogP contribution >= 0.6 is 0 Å². The lowest BCUT2D eigenvalue weighted by Crippen LogP contribution is -2.41. The summed E-state index contributed by atoms with van der Waals surface area (Å²) in [5, 5.41) is 11.5. The molecule has 0 aromatic carbocycles. The Morgan fingerprint density at radius 2 is 2.00 bits per heavy atom. The van der Waals surface area contributed by atoms with Gasteiger partial charge in [-0.25, -0.2) is 4.79 Å². The minimum Gasteiger partial charge on any atom is -0.478 e. The number of amides is 1. The second-order valence-corrected chi connectivity index (χ2v) is 3.55. The van der Waals surface area contributed by atoms with Crippen molar-refractivity contribution in [2.24, 2.45) is 0 Å². The molecule has 2 N–H and O–H groups in total. The third-order valence-corrected chi connectivity index (χ3v) is 1.98. The van der Waals surface area contributed by atoms with Crippen LogP contribution in [0.25, 0.3) is 0 Å². The molecule has 0 heterocycles. The Bertz CT molecular complexity index is 272. The quantitative estimate of drug-likeness (QED) is 0.636. The molecule has 0 aromatic rings. The predicted octanol–water partition coefficient (Wildman–Crippen LogP) is 0.0836. The van der Waals surface area contributed by atoms with E-state index in [4.69, 9.17) is 5.11 Å². The molecule has 0 radical (unpaired) electrons. The summed E-state index contributed by atoms with van der Waals surface area (Å²) in [6.45, 7) is 3.63. The molecule has 0 saturated heterocycles. The van der Waals surface area contributed by atoms with E-state index in [1.807, 2.05) is 0 Å². The van der Waals surface area contributed by atoms with E-state index in [1.165, 1.54) is 11.8 Å². The standard InChI is InChI=1S/C10H18N2O3/c1-7(10(14)15)5-6-11-8(2)9(13)12(3)4/h5,8,11H,6H2,1-4H3,(H,14,15)/b7-5-. The van der Waals surface area contributed by atoms with Crippen LogP contribution in [-0.4, -0.2) is 48.6 Å². The lowest BCUT2D eigenvalue weighted by atomic mass is 10.2. The van der Waals surface area contributed by atoms with Crippen molar-refractivity contribution in [2.45, 2.75) is 19.9 Å². The highest BCUT2D eigenvalue weighted by molar-refractivity contribution is 5.85. The van der Waals surface area contributed by atoms with Gasteiger partial charge >= 0.3 is 5.97 Å². The lowest BCUT2D eigenvalue weighted by molar-refractivity contribution is -0.132. The average molecular weight is 214 g/mol. The molecule has 15 heavy (non-hydrogen) atoms. The van der Waals surface area contributed by atoms with Crippen LogP contribution in [0.5, 0.6) is 0 Å². The summed E-state index contributed by atoms with van der Waals surface area (Å²) in [5.41, 5.74) is 0.270. The Balaban J connectivity index is 4.02. The molecule has 0 fully saturated rings. The van der Waals surface area contributed by atoms with Crippen LogP contribution < -0.4 is 5.32 Å². The van der Waals surface area contributed by atoms with E-state index in [0.29, 0.717) is 6.54 Å². The zero-order chi connectivity index (χ0) is 12.0. The summed E-state index contributed by atoms with van der Waals surface area (Å²) in [4.78, 5) is 23.3. The average Bonchev–Trinajstić information content (AvgIpc) is 2.15. The number of carbonyl (C=O) groups excluding carboxylic acids is 1. The number of aliphatic carboxylic acids is 1. The van der Waals surface area contributed by atoms with E-state index in [2.05, 4.69) is 5.32 Å². The van der Waals surface area contributed by atoms with Crippen LogP contribution in [0.15, 0.2) is 11.6 Å². The van der Waals surface area contributed by atoms with Gasteiger partial charge in [-0.3, -0.25) is 4.79 Å². The number of hydrogen-bond acceptors (Lipinski definition) is 3. The Hall–Kier alpha value is -1.36. The fraction of sp³-hybridized carbons (Fsp3) is 0.600. The summed E-state index contributed by atoms with van der Waals surface area (Å²) >= 11 is 0. The molecule has 1 amide bonds. The van der Waals surface area contributed by atoms with Crippen LogP contribution in [0, 0.1) is 0 Å². The van der Waals surface area contributed by atoms with Gasteiger partial charge in [0.1, 0.15) is 0 Å². The first-order valence-corrected chi connectivity index (χ1v) is 4.71. The summed E-state index contributed by atoms with van der Waals surface area (Å²) in [5.74, 6) is -0.972. The maximum atomic E-state index is 11.4. The van der Waals surface area contributed by atoms with E-state index in [9.17, 15) is 9.59 Å². The summed E-state index contributed by atoms with van der Waals surface area (Å²) in [6.07, 6.45) is 1.54. The van der Waals surface area contributed by atoms with E-state index >= 15 is 0 Å². The number of carbonyl (C=O) groups is 2. The summed E-state index contributed by atoms with van der Waals surface area (Å²) in [6, 6.07) is -0.308. The van der Waals surface area contributed by atoms with Gasteiger partial charge in [-0.05, 0) is 13.8 Å². The SMILES string of the molecule is C/C(=C/CNC(C)C(=O)N(C)C)C(=O)O. The van der Waals surface area contributed by atoms with Gasteiger partial charge in [-0.2, -0.15) is 0 Å². The maximum Gasteiger partial charge on any atom is 0.330 e. The molecule has 5 heteroatoms. The van der Waals surface area contributed by atoms with Crippen molar-refractivity contribution in [2.75, 3.05) is 20.6 Å². The van der Waals surface area contributed by atoms with Gasteiger partial charge in [-0.1, -0.05) is 6.08 Å². The normalized spacial score (nSPS) is 13.5. The maximum absolute atomic E-state index is 11.4. The van der Waals surface area contributed by atoms with Crippen LogP contribution in [0.2, 0.25) is 0 Å². The topological polar surface area (TPSA) is 69.6 Å². The largest absolute Gasteiger partial charge is 0.478 e. The third-order valence-electron chi connectivity index (χ3n) is 1.98. The van der Waals surface area contributed by atoms with Crippen LogP contribution in [0.1, 0.15) is 13.8 Å². The zero-order valence-corrected chi connectivity index (χ0v) is 9.57. The molecule has 1 atom stereocenters. The minimum absolute atomic E-state index is 0.0311. The number of carboxylic acid groups (broad SMARTS) is 1. The Kier molecular flexibility index (Phi) is 5.62. The molecule has 1 unspecified atom stereocenters. The first-order valence-electron chi connectivity index (χ1n) is 4.71. The molecule has 0 saturated carbocycles. The van der Waals surface area contributed by atoms with Gasteiger partial charge in [0.2, 0.25) is 5.91 Å². The predicted molar refractivity (Wildman–Crippen MR) is 57.6 cm³/mol. The number of rotatable bonds is 5. The first kappa shape index (κ1) is 13.6. The second-order valence-electron chi connectivity index (χ2n) is 3.55. The van der Waals surface area contributed by atoms with Crippen LogP contribution in [-0.2, 0) is 9.59 Å². The summed E-state index contributed by atoms with van der Waals surface area (Å²) in [7, 11) is 3.36. The van der Waals surface area contributed by atoms with Gasteiger partial charge < -0.3 is 15.3 Å². The molecule has 0 aromatic heterocycles. The highest BCUT2D eigenvalue weighted by Gasteiger charge is 2.12. The number of carboxylic acids is 1. The highest BCUT2D eigenvalue weighted by Crippen LogP contribution is 1.92. The molecule has 0 rings (SSSR count). The first-order chi connectivity index (χ1) is 6.86. The number of hydrogen-bond donors (Lipinski definition) is 2. The molecular formula is C10H18N2O3. The fourth-order valence-electron chi connectivity index (χ4n) is 0.951. The van der Waals surface area contributed by atoms with Crippen molar-refractivity contribution in [3.63, 3.8) is 0 Å². The Morgan fingerprint density at radius 1 is 1.47 bits per heavy atom. The molecule has 0 bridgehead atoms. The molecule has 86 valence electrons. The van der Waals surface area contributed by atoms with Gasteiger partial charge in [0.25, 0.3) is 0 Å². The molecule has 0 aliphatic heterocycles. The van der Waals surface area contributed by atoms with Crippen molar-refractivity contribution in [3.05, 3.63) is 11.6 Å². The number of nitrogens with zero attached hydrogens (tertiary/aromatic N) is 1. The zero-order valence-electron chi connectivity index (χ0n) is 9.57. The van der Waals surface area contributed by atoms with Gasteiger partial charge in [-0.15, -0.1) is 0 Å². The summed E-state index contributed by atoms with van der Waals surface area (Å²) < 4.78 is 0.